The van der Waals surface area contributed by atoms with E-state index in [1.54, 1.807) is 22.9 Å². The lowest BCUT2D eigenvalue weighted by atomic mass is 10.1. The van der Waals surface area contributed by atoms with Crippen LogP contribution in [0.2, 0.25) is 0 Å². The molecule has 1 aliphatic carbocycles. The molecule has 0 aromatic carbocycles. The van der Waals surface area contributed by atoms with E-state index in [0.717, 1.165) is 6.54 Å². The number of aldehydes is 1. The average molecular weight is 205 g/mol. The molecule has 80 valence electrons. The summed E-state index contributed by atoms with van der Waals surface area (Å²) in [4.78, 5) is 22.3. The van der Waals surface area contributed by atoms with Gasteiger partial charge in [-0.15, -0.1) is 0 Å². The molecular formula is C12H15NO2. The van der Waals surface area contributed by atoms with Crippen LogP contribution >= 0.6 is 0 Å². The van der Waals surface area contributed by atoms with Crippen LogP contribution in [-0.2, 0) is 6.54 Å². The Balaban J connectivity index is 2.20. The summed E-state index contributed by atoms with van der Waals surface area (Å²) in [6.45, 7) is 0.764. The Morgan fingerprint density at radius 1 is 1.40 bits per heavy atom. The molecule has 15 heavy (non-hydrogen) atoms. The van der Waals surface area contributed by atoms with Gasteiger partial charge in [0.25, 0.3) is 5.56 Å². The predicted molar refractivity (Wildman–Crippen MR) is 58.0 cm³/mol. The van der Waals surface area contributed by atoms with E-state index in [1.165, 1.54) is 25.7 Å². The van der Waals surface area contributed by atoms with Gasteiger partial charge in [0, 0.05) is 12.7 Å². The van der Waals surface area contributed by atoms with Crippen molar-refractivity contribution in [3.63, 3.8) is 0 Å². The summed E-state index contributed by atoms with van der Waals surface area (Å²) in [6.07, 6.45) is 7.36. The molecule has 0 unspecified atom stereocenters. The monoisotopic (exact) mass is 205 g/mol. The highest BCUT2D eigenvalue weighted by atomic mass is 16.1. The third-order valence-corrected chi connectivity index (χ3v) is 3.11. The van der Waals surface area contributed by atoms with E-state index in [1.807, 2.05) is 0 Å². The molecule has 0 aliphatic heterocycles. The SMILES string of the molecule is O=Cc1cccn(CC2CCCC2)c1=O. The second kappa shape index (κ2) is 4.43. The molecule has 1 aromatic rings. The van der Waals surface area contributed by atoms with Gasteiger partial charge in [-0.2, -0.15) is 0 Å². The van der Waals surface area contributed by atoms with Gasteiger partial charge in [-0.05, 0) is 30.9 Å². The number of carbonyl (C=O) groups is 1. The van der Waals surface area contributed by atoms with Crippen LogP contribution in [0.25, 0.3) is 0 Å². The van der Waals surface area contributed by atoms with Crippen LogP contribution in [0.15, 0.2) is 23.1 Å². The maximum atomic E-state index is 11.7. The van der Waals surface area contributed by atoms with Crippen LogP contribution in [-0.4, -0.2) is 10.9 Å². The minimum absolute atomic E-state index is 0.153. The molecule has 1 aromatic heterocycles. The number of nitrogens with zero attached hydrogens (tertiary/aromatic N) is 1. The molecule has 0 radical (unpaired) electrons. The molecule has 0 spiro atoms. The molecule has 1 fully saturated rings. The molecule has 0 N–H and O–H groups in total. The van der Waals surface area contributed by atoms with Crippen LogP contribution < -0.4 is 5.56 Å². The maximum absolute atomic E-state index is 11.7. The molecule has 3 heteroatoms. The van der Waals surface area contributed by atoms with Crippen LogP contribution in [0.4, 0.5) is 0 Å². The van der Waals surface area contributed by atoms with Gasteiger partial charge in [-0.25, -0.2) is 0 Å². The Labute approximate surface area is 88.7 Å². The fraction of sp³-hybridized carbons (Fsp3) is 0.500. The van der Waals surface area contributed by atoms with Crippen molar-refractivity contribution in [1.82, 2.24) is 4.57 Å². The van der Waals surface area contributed by atoms with Gasteiger partial charge in [0.15, 0.2) is 6.29 Å². The first-order valence-electron chi connectivity index (χ1n) is 5.46. The van der Waals surface area contributed by atoms with Gasteiger partial charge in [0.2, 0.25) is 0 Å². The van der Waals surface area contributed by atoms with Crippen molar-refractivity contribution >= 4 is 6.29 Å². The number of rotatable bonds is 3. The van der Waals surface area contributed by atoms with E-state index in [4.69, 9.17) is 0 Å². The van der Waals surface area contributed by atoms with E-state index in [9.17, 15) is 9.59 Å². The lowest BCUT2D eigenvalue weighted by Gasteiger charge is -2.11. The smallest absolute Gasteiger partial charge is 0.261 e. The summed E-state index contributed by atoms with van der Waals surface area (Å²) in [5, 5.41) is 0. The third kappa shape index (κ3) is 2.17. The van der Waals surface area contributed by atoms with E-state index >= 15 is 0 Å². The lowest BCUT2D eigenvalue weighted by molar-refractivity contribution is 0.112. The fourth-order valence-electron chi connectivity index (χ4n) is 2.26. The Morgan fingerprint density at radius 3 is 2.80 bits per heavy atom. The zero-order valence-corrected chi connectivity index (χ0v) is 8.69. The Morgan fingerprint density at radius 2 is 2.13 bits per heavy atom. The van der Waals surface area contributed by atoms with Crippen molar-refractivity contribution in [1.29, 1.82) is 0 Å². The highest BCUT2D eigenvalue weighted by molar-refractivity contribution is 5.73. The first kappa shape index (κ1) is 10.1. The Hall–Kier alpha value is -1.38. The van der Waals surface area contributed by atoms with E-state index in [-0.39, 0.29) is 11.1 Å². The van der Waals surface area contributed by atoms with Gasteiger partial charge in [-0.3, -0.25) is 9.59 Å². The highest BCUT2D eigenvalue weighted by Gasteiger charge is 2.16. The summed E-state index contributed by atoms with van der Waals surface area (Å²) in [5.41, 5.74) is 0.106. The van der Waals surface area contributed by atoms with E-state index in [0.29, 0.717) is 12.2 Å². The zero-order chi connectivity index (χ0) is 10.7. The van der Waals surface area contributed by atoms with Crippen LogP contribution in [0, 0.1) is 5.92 Å². The van der Waals surface area contributed by atoms with E-state index < -0.39 is 0 Å². The largest absolute Gasteiger partial charge is 0.315 e. The molecular weight excluding hydrogens is 190 g/mol. The number of pyridine rings is 1. The van der Waals surface area contributed by atoms with Gasteiger partial charge < -0.3 is 4.57 Å². The number of hydrogen-bond acceptors (Lipinski definition) is 2. The summed E-state index contributed by atoms with van der Waals surface area (Å²) in [7, 11) is 0. The predicted octanol–water partition coefficient (Wildman–Crippen LogP) is 1.85. The topological polar surface area (TPSA) is 39.1 Å². The van der Waals surface area contributed by atoms with E-state index in [2.05, 4.69) is 0 Å². The lowest BCUT2D eigenvalue weighted by Crippen LogP contribution is -2.25. The maximum Gasteiger partial charge on any atom is 0.261 e. The normalized spacial score (nSPS) is 16.8. The Kier molecular flexibility index (Phi) is 2.99. The Bertz CT molecular complexity index is 402. The van der Waals surface area contributed by atoms with Gasteiger partial charge in [0.1, 0.15) is 0 Å². The summed E-state index contributed by atoms with van der Waals surface area (Å²) >= 11 is 0. The second-order valence-corrected chi connectivity index (χ2v) is 4.19. The minimum Gasteiger partial charge on any atom is -0.315 e. The first-order valence-corrected chi connectivity index (χ1v) is 5.46. The summed E-state index contributed by atoms with van der Waals surface area (Å²) in [5.74, 6) is 0.615. The molecule has 1 heterocycles. The van der Waals surface area contributed by atoms with Crippen molar-refractivity contribution in [2.24, 2.45) is 5.92 Å². The third-order valence-electron chi connectivity index (χ3n) is 3.11. The van der Waals surface area contributed by atoms with Crippen LogP contribution in [0.1, 0.15) is 36.0 Å². The van der Waals surface area contributed by atoms with Crippen LogP contribution in [0.5, 0.6) is 0 Å². The van der Waals surface area contributed by atoms with Crippen molar-refractivity contribution in [3.05, 3.63) is 34.2 Å². The number of hydrogen-bond donors (Lipinski definition) is 0. The minimum atomic E-state index is -0.153. The van der Waals surface area contributed by atoms with Crippen LogP contribution in [0.3, 0.4) is 0 Å². The first-order chi connectivity index (χ1) is 7.31. The van der Waals surface area contributed by atoms with Crippen molar-refractivity contribution in [3.8, 4) is 0 Å². The molecule has 0 amide bonds. The molecule has 0 atom stereocenters. The molecule has 1 saturated carbocycles. The molecule has 2 rings (SSSR count). The number of aromatic nitrogens is 1. The van der Waals surface area contributed by atoms with Crippen molar-refractivity contribution < 1.29 is 4.79 Å². The second-order valence-electron chi connectivity index (χ2n) is 4.19. The van der Waals surface area contributed by atoms with Crippen molar-refractivity contribution in [2.75, 3.05) is 0 Å². The van der Waals surface area contributed by atoms with Gasteiger partial charge in [-0.1, -0.05) is 12.8 Å². The zero-order valence-electron chi connectivity index (χ0n) is 8.69. The van der Waals surface area contributed by atoms with Gasteiger partial charge in [0.05, 0.1) is 5.56 Å². The van der Waals surface area contributed by atoms with Gasteiger partial charge >= 0.3 is 0 Å². The standard InChI is InChI=1S/C12H15NO2/c14-9-11-6-3-7-13(12(11)15)8-10-4-1-2-5-10/h3,6-7,9-10H,1-2,4-5,8H2. The highest BCUT2D eigenvalue weighted by Crippen LogP contribution is 2.25. The van der Waals surface area contributed by atoms with Crippen molar-refractivity contribution in [2.45, 2.75) is 32.2 Å². The molecule has 1 aliphatic rings. The fourth-order valence-corrected chi connectivity index (χ4v) is 2.26. The number of carbonyl (C=O) groups excluding carboxylic acids is 1. The summed E-state index contributed by atoms with van der Waals surface area (Å²) < 4.78 is 1.67. The summed E-state index contributed by atoms with van der Waals surface area (Å²) in [6, 6.07) is 3.33. The molecule has 0 saturated heterocycles. The average Bonchev–Trinajstić information content (AvgIpc) is 2.74. The molecule has 3 nitrogen and oxygen atoms in total. The molecule has 0 bridgehead atoms. The quantitative estimate of drug-likeness (QED) is 0.706.